The summed E-state index contributed by atoms with van der Waals surface area (Å²) in [6.45, 7) is 0.499. The van der Waals surface area contributed by atoms with Crippen LogP contribution in [-0.4, -0.2) is 57.9 Å². The Balaban J connectivity index is 1.56. The molecule has 2 amide bonds. The van der Waals surface area contributed by atoms with Crippen molar-refractivity contribution >= 4 is 52.2 Å². The van der Waals surface area contributed by atoms with Crippen LogP contribution in [0, 0.1) is 5.82 Å². The maximum atomic E-state index is 14.3. The van der Waals surface area contributed by atoms with E-state index in [1.165, 1.54) is 54.1 Å². The second-order valence-electron chi connectivity index (χ2n) is 8.77. The summed E-state index contributed by atoms with van der Waals surface area (Å²) >= 11 is 5.77. The number of rotatable bonds is 8. The van der Waals surface area contributed by atoms with Crippen molar-refractivity contribution in [1.29, 1.82) is 0 Å². The molecule has 2 atom stereocenters. The topological polar surface area (TPSA) is 106 Å². The summed E-state index contributed by atoms with van der Waals surface area (Å²) in [5, 5.41) is 2.91. The summed E-state index contributed by atoms with van der Waals surface area (Å²) in [7, 11) is 0. The van der Waals surface area contributed by atoms with E-state index in [0.717, 1.165) is 4.90 Å². The van der Waals surface area contributed by atoms with Crippen LogP contribution in [0.5, 0.6) is 0 Å². The molecule has 0 aliphatic carbocycles. The highest BCUT2D eigenvalue weighted by Crippen LogP contribution is 2.26. The summed E-state index contributed by atoms with van der Waals surface area (Å²) in [5.41, 5.74) is 0.889. The third kappa shape index (κ3) is 5.29. The molecule has 1 aliphatic rings. The highest BCUT2D eigenvalue weighted by atomic mass is 35.5. The predicted molar refractivity (Wildman–Crippen MR) is 131 cm³/mol. The van der Waals surface area contributed by atoms with Gasteiger partial charge in [-0.25, -0.2) is 8.78 Å². The van der Waals surface area contributed by atoms with Gasteiger partial charge in [0.05, 0.1) is 11.6 Å². The van der Waals surface area contributed by atoms with E-state index in [2.05, 4.69) is 5.32 Å². The van der Waals surface area contributed by atoms with Crippen LogP contribution in [0.1, 0.15) is 39.6 Å². The molecule has 0 spiro atoms. The molecule has 37 heavy (non-hydrogen) atoms. The van der Waals surface area contributed by atoms with Crippen molar-refractivity contribution < 1.29 is 32.8 Å². The summed E-state index contributed by atoms with van der Waals surface area (Å²) in [4.78, 5) is 62.1. The fourth-order valence-corrected chi connectivity index (χ4v) is 4.65. The van der Waals surface area contributed by atoms with Crippen LogP contribution in [-0.2, 0) is 27.5 Å². The normalized spacial score (nSPS) is 17.1. The second-order valence-corrected chi connectivity index (χ2v) is 9.17. The van der Waals surface area contributed by atoms with Crippen LogP contribution >= 0.6 is 11.6 Å². The van der Waals surface area contributed by atoms with Gasteiger partial charge in [-0.2, -0.15) is 0 Å². The molecule has 8 nitrogen and oxygen atoms in total. The first-order valence-electron chi connectivity index (χ1n) is 11.4. The van der Waals surface area contributed by atoms with Crippen LogP contribution < -0.4 is 5.32 Å². The Morgan fingerprint density at radius 3 is 2.65 bits per heavy atom. The molecule has 11 heteroatoms. The lowest BCUT2D eigenvalue weighted by Crippen LogP contribution is -2.46. The zero-order chi connectivity index (χ0) is 26.9. The Hall–Kier alpha value is -3.92. The number of aromatic nitrogens is 1. The number of amides is 2. The first-order chi connectivity index (χ1) is 17.6. The SMILES string of the molecule is CC(=O)c1cn(CC(=O)N2C[C@H](F)C[C@H]2C(=O)NCc2cccc(Cl)c2F)c2cc(C(=O)C=O)ccc12. The van der Waals surface area contributed by atoms with Crippen molar-refractivity contribution in [2.75, 3.05) is 6.54 Å². The van der Waals surface area contributed by atoms with Crippen molar-refractivity contribution in [2.24, 2.45) is 0 Å². The van der Waals surface area contributed by atoms with Gasteiger partial charge in [0.1, 0.15) is 24.6 Å². The van der Waals surface area contributed by atoms with Crippen molar-refractivity contribution in [3.8, 4) is 0 Å². The lowest BCUT2D eigenvalue weighted by Gasteiger charge is -2.24. The summed E-state index contributed by atoms with van der Waals surface area (Å²) < 4.78 is 29.9. The van der Waals surface area contributed by atoms with Crippen molar-refractivity contribution in [3.63, 3.8) is 0 Å². The van der Waals surface area contributed by atoms with E-state index in [0.29, 0.717) is 16.5 Å². The highest BCUT2D eigenvalue weighted by molar-refractivity contribution is 6.33. The number of likely N-dealkylation sites (tertiary alicyclic amines) is 1. The van der Waals surface area contributed by atoms with E-state index in [1.807, 2.05) is 0 Å². The Bertz CT molecular complexity index is 1440. The van der Waals surface area contributed by atoms with Crippen molar-refractivity contribution in [2.45, 2.75) is 38.6 Å². The van der Waals surface area contributed by atoms with E-state index in [-0.39, 0.29) is 54.3 Å². The van der Waals surface area contributed by atoms with Crippen molar-refractivity contribution in [3.05, 3.63) is 70.1 Å². The maximum Gasteiger partial charge on any atom is 0.243 e. The largest absolute Gasteiger partial charge is 0.350 e. The Morgan fingerprint density at radius 2 is 1.95 bits per heavy atom. The number of nitrogens with zero attached hydrogens (tertiary/aromatic N) is 2. The molecule has 2 aromatic carbocycles. The minimum atomic E-state index is -1.44. The quantitative estimate of drug-likeness (QED) is 0.274. The third-order valence-corrected chi connectivity index (χ3v) is 6.61. The second kappa shape index (κ2) is 10.6. The van der Waals surface area contributed by atoms with Crippen LogP contribution in [0.15, 0.2) is 42.6 Å². The van der Waals surface area contributed by atoms with Crippen molar-refractivity contribution in [1.82, 2.24) is 14.8 Å². The number of alkyl halides is 1. The number of halogens is 3. The summed E-state index contributed by atoms with van der Waals surface area (Å²) in [5.74, 6) is -2.96. The van der Waals surface area contributed by atoms with Gasteiger partial charge in [0.25, 0.3) is 0 Å². The van der Waals surface area contributed by atoms with E-state index >= 15 is 0 Å². The van der Waals surface area contributed by atoms with Crippen LogP contribution in [0.2, 0.25) is 5.02 Å². The Labute approximate surface area is 215 Å². The molecule has 1 fully saturated rings. The summed E-state index contributed by atoms with van der Waals surface area (Å²) in [6.07, 6.45) is -0.0532. The molecular weight excluding hydrogens is 508 g/mol. The first kappa shape index (κ1) is 26.2. The van der Waals surface area contributed by atoms with E-state index < -0.39 is 35.6 Å². The fraction of sp³-hybridized carbons (Fsp3) is 0.269. The zero-order valence-corrected chi connectivity index (χ0v) is 20.4. The highest BCUT2D eigenvalue weighted by Gasteiger charge is 2.39. The average molecular weight is 530 g/mol. The molecule has 0 bridgehead atoms. The molecule has 3 aromatic rings. The monoisotopic (exact) mass is 529 g/mol. The van der Waals surface area contributed by atoms with Crippen LogP contribution in [0.25, 0.3) is 10.9 Å². The third-order valence-electron chi connectivity index (χ3n) is 6.32. The number of carbonyl (C=O) groups is 5. The van der Waals surface area contributed by atoms with Gasteiger partial charge in [0, 0.05) is 46.8 Å². The minimum absolute atomic E-state index is 0.0832. The Morgan fingerprint density at radius 1 is 1.19 bits per heavy atom. The van der Waals surface area contributed by atoms with Gasteiger partial charge in [-0.05, 0) is 19.1 Å². The zero-order valence-electron chi connectivity index (χ0n) is 19.7. The van der Waals surface area contributed by atoms with Gasteiger partial charge >= 0.3 is 0 Å². The molecule has 0 saturated carbocycles. The van der Waals surface area contributed by atoms with Gasteiger partial charge in [-0.3, -0.25) is 24.0 Å². The molecule has 1 aliphatic heterocycles. The van der Waals surface area contributed by atoms with Crippen LogP contribution in [0.4, 0.5) is 8.78 Å². The standard InChI is InChI=1S/C26H22ClF2N3O5/c1-14(34)19-11-31(21-7-15(23(35)13-33)5-6-18(19)21)12-24(36)32-10-17(28)8-22(32)26(37)30-9-16-3-2-4-20(27)25(16)29/h2-7,11,13,17,22H,8-10,12H2,1H3,(H,30,37)/t17-,22+/m1/s1. The number of Topliss-reactive ketones (excluding diaryl/α,β-unsaturated/α-hetero) is 2. The average Bonchev–Trinajstić information content (AvgIpc) is 3.44. The number of carbonyl (C=O) groups excluding carboxylic acids is 5. The summed E-state index contributed by atoms with van der Waals surface area (Å²) in [6, 6.07) is 7.55. The molecule has 0 unspecified atom stereocenters. The Kier molecular flexibility index (Phi) is 7.49. The van der Waals surface area contributed by atoms with Gasteiger partial charge in [-0.1, -0.05) is 35.9 Å². The molecule has 1 aromatic heterocycles. The van der Waals surface area contributed by atoms with Gasteiger partial charge < -0.3 is 14.8 Å². The van der Waals surface area contributed by atoms with E-state index in [9.17, 15) is 32.8 Å². The molecule has 1 N–H and O–H groups in total. The molecule has 1 saturated heterocycles. The van der Waals surface area contributed by atoms with Gasteiger partial charge in [0.15, 0.2) is 12.1 Å². The molecule has 2 heterocycles. The predicted octanol–water partition coefficient (Wildman–Crippen LogP) is 3.27. The number of hydrogen-bond acceptors (Lipinski definition) is 5. The smallest absolute Gasteiger partial charge is 0.243 e. The lowest BCUT2D eigenvalue weighted by molar-refractivity contribution is -0.139. The van der Waals surface area contributed by atoms with Gasteiger partial charge in [-0.15, -0.1) is 0 Å². The van der Waals surface area contributed by atoms with E-state index in [4.69, 9.17) is 11.6 Å². The number of nitrogens with one attached hydrogen (secondary N) is 1. The fourth-order valence-electron chi connectivity index (χ4n) is 4.46. The first-order valence-corrected chi connectivity index (χ1v) is 11.8. The van der Waals surface area contributed by atoms with E-state index in [1.54, 1.807) is 0 Å². The number of benzene rings is 2. The lowest BCUT2D eigenvalue weighted by atomic mass is 10.1. The number of ketones is 2. The number of aldehydes is 1. The number of fused-ring (bicyclic) bond motifs is 1. The molecular formula is C26H22ClF2N3O5. The van der Waals surface area contributed by atoms with Gasteiger partial charge in [0.2, 0.25) is 17.6 Å². The molecule has 0 radical (unpaired) electrons. The van der Waals surface area contributed by atoms with Crippen LogP contribution in [0.3, 0.4) is 0 Å². The molecule has 192 valence electrons. The minimum Gasteiger partial charge on any atom is -0.350 e. The number of hydrogen-bond donors (Lipinski definition) is 1. The molecule has 4 rings (SSSR count). The maximum absolute atomic E-state index is 14.3.